The number of fused-ring (bicyclic) bond motifs is 1. The summed E-state index contributed by atoms with van der Waals surface area (Å²) < 4.78 is 3.10. The molecule has 0 fully saturated rings. The Labute approximate surface area is 283 Å². The summed E-state index contributed by atoms with van der Waals surface area (Å²) in [5.41, 5.74) is 0.759. The second-order valence-electron chi connectivity index (χ2n) is 14.5. The van der Waals surface area contributed by atoms with Gasteiger partial charge in [-0.3, -0.25) is 28.3 Å². The average Bonchev–Trinajstić information content (AvgIpc) is 3.49. The van der Waals surface area contributed by atoms with E-state index in [-0.39, 0.29) is 34.3 Å². The molecule has 49 heavy (non-hydrogen) atoms. The fourth-order valence-electron chi connectivity index (χ4n) is 9.07. The van der Waals surface area contributed by atoms with Gasteiger partial charge in [0.2, 0.25) is 0 Å². The van der Waals surface area contributed by atoms with Gasteiger partial charge in [0.25, 0.3) is 22.2 Å². The van der Waals surface area contributed by atoms with E-state index in [0.717, 1.165) is 120 Å². The van der Waals surface area contributed by atoms with Crippen LogP contribution in [0.3, 0.4) is 0 Å². The van der Waals surface area contributed by atoms with E-state index in [1.54, 1.807) is 9.13 Å². The lowest BCUT2D eigenvalue weighted by Crippen LogP contribution is -2.37. The zero-order valence-corrected chi connectivity index (χ0v) is 29.1. The molecule has 7 nitrogen and oxygen atoms in total. The van der Waals surface area contributed by atoms with Gasteiger partial charge in [-0.15, -0.1) is 0 Å². The Balaban J connectivity index is 1.49. The van der Waals surface area contributed by atoms with Crippen molar-refractivity contribution in [1.82, 2.24) is 14.1 Å². The first-order valence-corrected chi connectivity index (χ1v) is 18.7. The number of hydrogen-bond acceptors (Lipinski definition) is 4. The number of nitrogens with zero attached hydrogens (tertiary/aromatic N) is 2. The third-order valence-corrected chi connectivity index (χ3v) is 11.5. The highest BCUT2D eigenvalue weighted by molar-refractivity contribution is 6.45. The maximum absolute atomic E-state index is 14.4. The predicted molar refractivity (Wildman–Crippen MR) is 205 cm³/mol. The van der Waals surface area contributed by atoms with Gasteiger partial charge < -0.3 is 4.98 Å². The van der Waals surface area contributed by atoms with Gasteiger partial charge in [-0.1, -0.05) is 91.2 Å². The van der Waals surface area contributed by atoms with Gasteiger partial charge in [0, 0.05) is 66.2 Å². The maximum atomic E-state index is 14.4. The van der Waals surface area contributed by atoms with Crippen molar-refractivity contribution in [2.45, 2.75) is 117 Å². The van der Waals surface area contributed by atoms with Gasteiger partial charge in [0.1, 0.15) is 0 Å². The summed E-state index contributed by atoms with van der Waals surface area (Å²) in [5.74, 6) is 0. The summed E-state index contributed by atoms with van der Waals surface area (Å²) in [6.07, 6.45) is 11.1. The summed E-state index contributed by atoms with van der Waals surface area (Å²) in [5, 5.41) is 9.25. The first-order valence-electron chi connectivity index (χ1n) is 18.7. The van der Waals surface area contributed by atoms with Crippen molar-refractivity contribution in [1.29, 1.82) is 0 Å². The van der Waals surface area contributed by atoms with Crippen LogP contribution in [0.1, 0.15) is 117 Å². The molecule has 3 heterocycles. The summed E-state index contributed by atoms with van der Waals surface area (Å²) in [7, 11) is 0. The third kappa shape index (κ3) is 4.46. The standard InChI is InChI=1S/C42H45N3O4/c1-5-9-13-23(14-10-6-2)44-39(46)27-19-17-25-26-18-20-28-34-30(42(49)45(40(28)47)24(15-11-7-3)16-12-8-4)22-32-38(36(26)34)37-31(43-32)21-29(41(44)48)33(27)35(25)37/h17-24,43H,5-16H2,1-4H3. The van der Waals surface area contributed by atoms with Crippen molar-refractivity contribution in [3.8, 4) is 0 Å². The number of aromatic nitrogens is 3. The molecule has 0 aliphatic carbocycles. The zero-order chi connectivity index (χ0) is 34.1. The maximum Gasteiger partial charge on any atom is 0.261 e. The van der Waals surface area contributed by atoms with Gasteiger partial charge in [0.05, 0.1) is 10.8 Å². The van der Waals surface area contributed by atoms with E-state index in [1.165, 1.54) is 0 Å². The number of benzene rings is 5. The molecule has 8 aromatic rings. The minimum Gasteiger partial charge on any atom is -0.354 e. The lowest BCUT2D eigenvalue weighted by atomic mass is 9.86. The Kier molecular flexibility index (Phi) is 7.84. The summed E-state index contributed by atoms with van der Waals surface area (Å²) in [6.45, 7) is 8.56. The Bertz CT molecular complexity index is 2520. The van der Waals surface area contributed by atoms with E-state index in [1.807, 2.05) is 36.4 Å². The van der Waals surface area contributed by atoms with Gasteiger partial charge >= 0.3 is 0 Å². The number of nitrogens with one attached hydrogen (secondary N) is 1. The van der Waals surface area contributed by atoms with E-state index < -0.39 is 0 Å². The van der Waals surface area contributed by atoms with Crippen LogP contribution < -0.4 is 22.2 Å². The van der Waals surface area contributed by atoms with E-state index >= 15 is 0 Å². The van der Waals surface area contributed by atoms with Crippen LogP contribution in [-0.4, -0.2) is 14.1 Å². The first kappa shape index (κ1) is 31.7. The highest BCUT2D eigenvalue weighted by atomic mass is 16.2. The van der Waals surface area contributed by atoms with Crippen molar-refractivity contribution >= 4 is 75.7 Å². The van der Waals surface area contributed by atoms with Crippen molar-refractivity contribution in [3.63, 3.8) is 0 Å². The highest BCUT2D eigenvalue weighted by Crippen LogP contribution is 2.48. The van der Waals surface area contributed by atoms with Crippen LogP contribution in [0, 0.1) is 0 Å². The van der Waals surface area contributed by atoms with Crippen LogP contribution >= 0.6 is 0 Å². The third-order valence-electron chi connectivity index (χ3n) is 11.5. The quantitative estimate of drug-likeness (QED) is 0.0932. The molecule has 0 aliphatic rings. The summed E-state index contributed by atoms with van der Waals surface area (Å²) in [6, 6.07) is 11.4. The van der Waals surface area contributed by atoms with Crippen molar-refractivity contribution in [3.05, 3.63) is 77.8 Å². The van der Waals surface area contributed by atoms with Crippen LogP contribution in [0.2, 0.25) is 0 Å². The highest BCUT2D eigenvalue weighted by Gasteiger charge is 2.28. The molecule has 0 aliphatic heterocycles. The SMILES string of the molecule is CCCCC(CCCC)n1c(=O)c2ccc3c4ccc5c(=O)n(C(CCCC)CCCC)c(=O)c6cc7[nH]c8cc(c1=O)c2c3c8c7c4c56. The Hall–Kier alpha value is -4.52. The largest absolute Gasteiger partial charge is 0.354 e. The van der Waals surface area contributed by atoms with E-state index in [2.05, 4.69) is 32.7 Å². The topological polar surface area (TPSA) is 93.9 Å². The smallest absolute Gasteiger partial charge is 0.261 e. The van der Waals surface area contributed by atoms with E-state index in [0.29, 0.717) is 32.3 Å². The Morgan fingerprint density at radius 2 is 0.776 bits per heavy atom. The molecule has 7 heteroatoms. The van der Waals surface area contributed by atoms with Crippen molar-refractivity contribution in [2.75, 3.05) is 0 Å². The molecule has 0 spiro atoms. The van der Waals surface area contributed by atoms with Crippen LogP contribution in [0.4, 0.5) is 0 Å². The van der Waals surface area contributed by atoms with Crippen LogP contribution in [0.15, 0.2) is 55.6 Å². The number of H-pyrrole nitrogens is 1. The molecule has 0 radical (unpaired) electrons. The van der Waals surface area contributed by atoms with Crippen LogP contribution in [0.25, 0.3) is 75.7 Å². The van der Waals surface area contributed by atoms with Gasteiger partial charge in [-0.2, -0.15) is 0 Å². The van der Waals surface area contributed by atoms with Crippen molar-refractivity contribution < 1.29 is 0 Å². The van der Waals surface area contributed by atoms with Crippen molar-refractivity contribution in [2.24, 2.45) is 0 Å². The minimum absolute atomic E-state index is 0.137. The number of hydrogen-bond donors (Lipinski definition) is 1. The second-order valence-corrected chi connectivity index (χ2v) is 14.5. The normalized spacial score (nSPS) is 12.9. The summed E-state index contributed by atoms with van der Waals surface area (Å²) >= 11 is 0. The Morgan fingerprint density at radius 1 is 0.449 bits per heavy atom. The fourth-order valence-corrected chi connectivity index (χ4v) is 9.07. The molecule has 0 atom stereocenters. The van der Waals surface area contributed by atoms with Gasteiger partial charge in [-0.25, -0.2) is 0 Å². The average molecular weight is 656 g/mol. The van der Waals surface area contributed by atoms with Gasteiger partial charge in [0.15, 0.2) is 0 Å². The molecule has 0 unspecified atom stereocenters. The van der Waals surface area contributed by atoms with E-state index in [4.69, 9.17) is 0 Å². The predicted octanol–water partition coefficient (Wildman–Crippen LogP) is 9.73. The van der Waals surface area contributed by atoms with E-state index in [9.17, 15) is 19.2 Å². The molecule has 5 aromatic carbocycles. The van der Waals surface area contributed by atoms with Crippen LogP contribution in [-0.2, 0) is 0 Å². The number of aromatic amines is 1. The number of rotatable bonds is 14. The zero-order valence-electron chi connectivity index (χ0n) is 29.1. The molecule has 0 amide bonds. The number of unbranched alkanes of at least 4 members (excludes halogenated alkanes) is 4. The lowest BCUT2D eigenvalue weighted by molar-refractivity contribution is 0.394. The molecule has 0 bridgehead atoms. The fraction of sp³-hybridized carbons (Fsp3) is 0.429. The summed E-state index contributed by atoms with van der Waals surface area (Å²) in [4.78, 5) is 61.0. The molecule has 0 saturated heterocycles. The molecular formula is C42H45N3O4. The Morgan fingerprint density at radius 3 is 1.12 bits per heavy atom. The molecule has 0 saturated carbocycles. The number of pyridine rings is 2. The molecule has 1 N–H and O–H groups in total. The molecular weight excluding hydrogens is 610 g/mol. The van der Waals surface area contributed by atoms with Gasteiger partial charge in [-0.05, 0) is 60.7 Å². The van der Waals surface area contributed by atoms with Crippen LogP contribution in [0.5, 0.6) is 0 Å². The lowest BCUT2D eigenvalue weighted by Gasteiger charge is -2.22. The first-order chi connectivity index (χ1) is 23.9. The second kappa shape index (κ2) is 12.1. The molecule has 8 rings (SSSR count). The monoisotopic (exact) mass is 655 g/mol. The molecule has 3 aromatic heterocycles. The molecule has 252 valence electrons. The minimum atomic E-state index is -0.223.